The van der Waals surface area contributed by atoms with Crippen LogP contribution in [0.3, 0.4) is 0 Å². The fraction of sp³-hybridized carbons (Fsp3) is 0. The highest BCUT2D eigenvalue weighted by Crippen LogP contribution is 2.17. The molecule has 5 nitrogen and oxygen atoms in total. The number of aromatic amines is 1. The van der Waals surface area contributed by atoms with Crippen molar-refractivity contribution < 1.29 is 4.52 Å². The quantitative estimate of drug-likeness (QED) is 0.625. The summed E-state index contributed by atoms with van der Waals surface area (Å²) in [6.07, 6.45) is 1.63. The molecule has 5 heteroatoms. The van der Waals surface area contributed by atoms with Crippen molar-refractivity contribution in [3.05, 3.63) is 18.3 Å². The van der Waals surface area contributed by atoms with Gasteiger partial charge in [-0.15, -0.1) is 0 Å². The van der Waals surface area contributed by atoms with Crippen molar-refractivity contribution in [2.24, 2.45) is 0 Å². The third kappa shape index (κ3) is 0.958. The largest absolute Gasteiger partial charge is 0.381 e. The van der Waals surface area contributed by atoms with Crippen LogP contribution in [0.4, 0.5) is 5.82 Å². The Kier molecular flexibility index (Phi) is 1.15. The molecule has 56 valence electrons. The lowest BCUT2D eigenvalue weighted by atomic mass is 10.3. The van der Waals surface area contributed by atoms with Crippen molar-refractivity contribution in [1.82, 2.24) is 15.4 Å². The van der Waals surface area contributed by atoms with Gasteiger partial charge < -0.3 is 10.3 Å². The van der Waals surface area contributed by atoms with E-state index in [1.54, 1.807) is 18.3 Å². The van der Waals surface area contributed by atoms with Gasteiger partial charge in [0.2, 0.25) is 0 Å². The van der Waals surface area contributed by atoms with Crippen molar-refractivity contribution in [3.63, 3.8) is 0 Å². The molecular weight excluding hydrogens is 144 g/mol. The Balaban J connectivity index is 2.45. The Morgan fingerprint density at radius 1 is 1.55 bits per heavy atom. The molecule has 0 saturated carbocycles. The highest BCUT2D eigenvalue weighted by molar-refractivity contribution is 5.54. The molecule has 0 saturated heterocycles. The normalized spacial score (nSPS) is 10.2. The Hall–Kier alpha value is -1.78. The number of H-pyrrole nitrogens is 1. The fourth-order valence-electron chi connectivity index (χ4n) is 0.809. The number of rotatable bonds is 1. The number of aromatic nitrogens is 3. The monoisotopic (exact) mass is 150 g/mol. The highest BCUT2D eigenvalue weighted by Gasteiger charge is 2.03. The number of hydrogen-bond donors (Lipinski definition) is 2. The van der Waals surface area contributed by atoms with Crippen LogP contribution in [0.2, 0.25) is 0 Å². The van der Waals surface area contributed by atoms with Crippen LogP contribution < -0.4 is 5.73 Å². The summed E-state index contributed by atoms with van der Waals surface area (Å²) in [5.74, 6) is 0.967. The molecule has 2 aromatic rings. The van der Waals surface area contributed by atoms with E-state index in [0.717, 1.165) is 5.69 Å². The maximum absolute atomic E-state index is 5.35. The first-order chi connectivity index (χ1) is 5.36. The molecule has 2 rings (SSSR count). The standard InChI is InChI=1S/C6H6N4O/c7-6-3-5(11-10-6)4-1-2-8-9-4/h1-3H,(H2,7,10)(H,8,9). The molecule has 11 heavy (non-hydrogen) atoms. The van der Waals surface area contributed by atoms with Gasteiger partial charge in [-0.2, -0.15) is 5.10 Å². The van der Waals surface area contributed by atoms with E-state index in [2.05, 4.69) is 15.4 Å². The lowest BCUT2D eigenvalue weighted by Gasteiger charge is -1.82. The summed E-state index contributed by atoms with van der Waals surface area (Å²) in [6.45, 7) is 0. The van der Waals surface area contributed by atoms with Crippen LogP contribution in [0.15, 0.2) is 22.9 Å². The molecule has 0 radical (unpaired) electrons. The molecule has 0 fully saturated rings. The van der Waals surface area contributed by atoms with Crippen molar-refractivity contribution in [2.75, 3.05) is 5.73 Å². The van der Waals surface area contributed by atoms with E-state index in [1.807, 2.05) is 0 Å². The van der Waals surface area contributed by atoms with E-state index in [-0.39, 0.29) is 0 Å². The van der Waals surface area contributed by atoms with Crippen molar-refractivity contribution >= 4 is 5.82 Å². The number of nitrogens with two attached hydrogens (primary N) is 1. The van der Waals surface area contributed by atoms with E-state index in [1.165, 1.54) is 0 Å². The van der Waals surface area contributed by atoms with Crippen LogP contribution in [0.1, 0.15) is 0 Å². The molecule has 3 N–H and O–H groups in total. The topological polar surface area (TPSA) is 80.7 Å². The van der Waals surface area contributed by atoms with Gasteiger partial charge in [0.25, 0.3) is 0 Å². The third-order valence-corrected chi connectivity index (χ3v) is 1.29. The van der Waals surface area contributed by atoms with Gasteiger partial charge in [-0.05, 0) is 6.07 Å². The first-order valence-electron chi connectivity index (χ1n) is 3.08. The van der Waals surface area contributed by atoms with Gasteiger partial charge in [0.1, 0.15) is 5.69 Å². The van der Waals surface area contributed by atoms with Crippen molar-refractivity contribution in [3.8, 4) is 11.5 Å². The van der Waals surface area contributed by atoms with E-state index in [9.17, 15) is 0 Å². The summed E-state index contributed by atoms with van der Waals surface area (Å²) in [7, 11) is 0. The molecule has 0 unspecified atom stereocenters. The second-order valence-electron chi connectivity index (χ2n) is 2.09. The predicted molar refractivity (Wildman–Crippen MR) is 38.5 cm³/mol. The average molecular weight is 150 g/mol. The van der Waals surface area contributed by atoms with Crippen LogP contribution in [0.5, 0.6) is 0 Å². The van der Waals surface area contributed by atoms with Gasteiger partial charge in [0, 0.05) is 12.3 Å². The van der Waals surface area contributed by atoms with Crippen LogP contribution in [-0.4, -0.2) is 15.4 Å². The number of nitrogen functional groups attached to an aromatic ring is 1. The molecule has 0 aliphatic rings. The highest BCUT2D eigenvalue weighted by atomic mass is 16.5. The van der Waals surface area contributed by atoms with E-state index in [0.29, 0.717) is 11.6 Å². The molecule has 0 bridgehead atoms. The Bertz CT molecular complexity index is 337. The molecule has 0 aliphatic heterocycles. The molecule has 0 aromatic carbocycles. The zero-order chi connectivity index (χ0) is 7.68. The molecule has 2 heterocycles. The predicted octanol–water partition coefficient (Wildman–Crippen LogP) is 0.647. The number of nitrogens with zero attached hydrogens (tertiary/aromatic N) is 2. The van der Waals surface area contributed by atoms with Crippen LogP contribution in [0, 0.1) is 0 Å². The van der Waals surface area contributed by atoms with E-state index in [4.69, 9.17) is 10.3 Å². The molecule has 0 atom stereocenters. The van der Waals surface area contributed by atoms with Gasteiger partial charge in [-0.25, -0.2) is 0 Å². The van der Waals surface area contributed by atoms with Crippen molar-refractivity contribution in [1.29, 1.82) is 0 Å². The number of nitrogens with one attached hydrogen (secondary N) is 1. The first-order valence-corrected chi connectivity index (χ1v) is 3.08. The zero-order valence-electron chi connectivity index (χ0n) is 5.61. The SMILES string of the molecule is Nc1cc(-c2ccn[nH]2)on1. The summed E-state index contributed by atoms with van der Waals surface area (Å²) < 4.78 is 4.86. The second kappa shape index (κ2) is 2.12. The van der Waals surface area contributed by atoms with Crippen LogP contribution in [-0.2, 0) is 0 Å². The lowest BCUT2D eigenvalue weighted by molar-refractivity contribution is 0.434. The number of hydrogen-bond acceptors (Lipinski definition) is 4. The zero-order valence-corrected chi connectivity index (χ0v) is 5.61. The summed E-state index contributed by atoms with van der Waals surface area (Å²) in [5.41, 5.74) is 6.12. The van der Waals surface area contributed by atoms with E-state index < -0.39 is 0 Å². The van der Waals surface area contributed by atoms with Crippen molar-refractivity contribution in [2.45, 2.75) is 0 Å². The fourth-order valence-corrected chi connectivity index (χ4v) is 0.809. The van der Waals surface area contributed by atoms with Crippen LogP contribution in [0.25, 0.3) is 11.5 Å². The third-order valence-electron chi connectivity index (χ3n) is 1.29. The van der Waals surface area contributed by atoms with Gasteiger partial charge in [0.05, 0.1) is 0 Å². The summed E-state index contributed by atoms with van der Waals surface area (Å²) >= 11 is 0. The molecule has 0 spiro atoms. The molecule has 2 aromatic heterocycles. The first kappa shape index (κ1) is 5.96. The van der Waals surface area contributed by atoms with Crippen LogP contribution >= 0.6 is 0 Å². The minimum atomic E-state index is 0.370. The second-order valence-corrected chi connectivity index (χ2v) is 2.09. The maximum Gasteiger partial charge on any atom is 0.186 e. The summed E-state index contributed by atoms with van der Waals surface area (Å²) in [5, 5.41) is 10.0. The minimum absolute atomic E-state index is 0.370. The van der Waals surface area contributed by atoms with Gasteiger partial charge in [-0.1, -0.05) is 5.16 Å². The Morgan fingerprint density at radius 3 is 3.00 bits per heavy atom. The molecular formula is C6H6N4O. The Labute approximate surface area is 62.2 Å². The smallest absolute Gasteiger partial charge is 0.186 e. The summed E-state index contributed by atoms with van der Waals surface area (Å²) in [6, 6.07) is 3.41. The Morgan fingerprint density at radius 2 is 2.45 bits per heavy atom. The maximum atomic E-state index is 5.35. The van der Waals surface area contributed by atoms with Gasteiger partial charge in [-0.3, -0.25) is 5.10 Å². The van der Waals surface area contributed by atoms with Gasteiger partial charge in [0.15, 0.2) is 11.6 Å². The van der Waals surface area contributed by atoms with Gasteiger partial charge >= 0.3 is 0 Å². The number of anilines is 1. The molecule has 0 amide bonds. The average Bonchev–Trinajstić information content (AvgIpc) is 2.55. The molecule has 0 aliphatic carbocycles. The minimum Gasteiger partial charge on any atom is -0.381 e. The lowest BCUT2D eigenvalue weighted by Crippen LogP contribution is -1.79. The summed E-state index contributed by atoms with van der Waals surface area (Å²) in [4.78, 5) is 0. The van der Waals surface area contributed by atoms with E-state index >= 15 is 0 Å².